The summed E-state index contributed by atoms with van der Waals surface area (Å²) in [7, 11) is 1.69. The van der Waals surface area contributed by atoms with Crippen LogP contribution in [0.4, 0.5) is 0 Å². The number of methoxy groups -OCH3 is 1. The van der Waals surface area contributed by atoms with Crippen LogP contribution in [-0.4, -0.2) is 7.11 Å². The van der Waals surface area contributed by atoms with Gasteiger partial charge in [0.1, 0.15) is 5.75 Å². The molecular formula is C15H18O. The molecule has 2 rings (SSSR count). The van der Waals surface area contributed by atoms with Crippen LogP contribution in [-0.2, 0) is 6.42 Å². The molecule has 0 aliphatic heterocycles. The van der Waals surface area contributed by atoms with Crippen molar-refractivity contribution < 1.29 is 4.74 Å². The van der Waals surface area contributed by atoms with Crippen LogP contribution in [0.25, 0.3) is 0 Å². The molecule has 0 saturated carbocycles. The molecule has 0 spiro atoms. The van der Waals surface area contributed by atoms with Crippen LogP contribution in [0.15, 0.2) is 54.6 Å². The number of hydrogen-bond donors (Lipinski definition) is 0. The summed E-state index contributed by atoms with van der Waals surface area (Å²) < 4.78 is 5.12. The molecule has 1 nitrogen and oxygen atoms in total. The predicted molar refractivity (Wildman–Crippen MR) is 69.0 cm³/mol. The minimum absolute atomic E-state index is 0. The third-order valence-corrected chi connectivity index (χ3v) is 2.41. The van der Waals surface area contributed by atoms with E-state index in [1.165, 1.54) is 11.1 Å². The SMILES string of the molecule is C.COc1ccc(Cc2ccccc2)cc1. The lowest BCUT2D eigenvalue weighted by Gasteiger charge is -2.03. The van der Waals surface area contributed by atoms with E-state index in [4.69, 9.17) is 4.74 Å². The average molecular weight is 214 g/mol. The van der Waals surface area contributed by atoms with E-state index in [-0.39, 0.29) is 7.43 Å². The highest BCUT2D eigenvalue weighted by molar-refractivity contribution is 5.31. The Morgan fingerprint density at radius 2 is 1.38 bits per heavy atom. The van der Waals surface area contributed by atoms with Crippen molar-refractivity contribution in [1.82, 2.24) is 0 Å². The van der Waals surface area contributed by atoms with Crippen molar-refractivity contribution in [2.45, 2.75) is 13.8 Å². The number of hydrogen-bond acceptors (Lipinski definition) is 1. The predicted octanol–water partition coefficient (Wildman–Crippen LogP) is 3.92. The molecule has 0 amide bonds. The van der Waals surface area contributed by atoms with Crippen molar-refractivity contribution in [2.75, 3.05) is 7.11 Å². The minimum atomic E-state index is 0. The van der Waals surface area contributed by atoms with E-state index in [1.807, 2.05) is 18.2 Å². The molecule has 2 aromatic carbocycles. The van der Waals surface area contributed by atoms with Gasteiger partial charge in [-0.15, -0.1) is 0 Å². The largest absolute Gasteiger partial charge is 0.497 e. The van der Waals surface area contributed by atoms with E-state index in [0.29, 0.717) is 0 Å². The van der Waals surface area contributed by atoms with Crippen molar-refractivity contribution in [3.63, 3.8) is 0 Å². The maximum Gasteiger partial charge on any atom is 0.118 e. The number of rotatable bonds is 3. The first-order valence-corrected chi connectivity index (χ1v) is 5.05. The van der Waals surface area contributed by atoms with Crippen LogP contribution in [0, 0.1) is 0 Å². The van der Waals surface area contributed by atoms with Crippen molar-refractivity contribution in [1.29, 1.82) is 0 Å². The summed E-state index contributed by atoms with van der Waals surface area (Å²) >= 11 is 0. The van der Waals surface area contributed by atoms with Gasteiger partial charge in [0.05, 0.1) is 7.11 Å². The summed E-state index contributed by atoms with van der Waals surface area (Å²) in [6.07, 6.45) is 0.977. The van der Waals surface area contributed by atoms with Gasteiger partial charge in [0.2, 0.25) is 0 Å². The molecule has 16 heavy (non-hydrogen) atoms. The second-order valence-electron chi connectivity index (χ2n) is 3.51. The molecule has 0 N–H and O–H groups in total. The van der Waals surface area contributed by atoms with Gasteiger partial charge in [-0.1, -0.05) is 49.9 Å². The number of benzene rings is 2. The molecule has 0 radical (unpaired) electrons. The van der Waals surface area contributed by atoms with Gasteiger partial charge in [-0.25, -0.2) is 0 Å². The van der Waals surface area contributed by atoms with Crippen LogP contribution < -0.4 is 4.74 Å². The van der Waals surface area contributed by atoms with E-state index < -0.39 is 0 Å². The summed E-state index contributed by atoms with van der Waals surface area (Å²) in [5, 5.41) is 0. The lowest BCUT2D eigenvalue weighted by molar-refractivity contribution is 0.414. The monoisotopic (exact) mass is 214 g/mol. The Kier molecular flexibility index (Phi) is 4.59. The highest BCUT2D eigenvalue weighted by Crippen LogP contribution is 2.14. The van der Waals surface area contributed by atoms with Gasteiger partial charge in [0, 0.05) is 0 Å². The maximum atomic E-state index is 5.12. The van der Waals surface area contributed by atoms with Gasteiger partial charge < -0.3 is 4.74 Å². The highest BCUT2D eigenvalue weighted by atomic mass is 16.5. The summed E-state index contributed by atoms with van der Waals surface area (Å²) in [6.45, 7) is 0. The molecule has 0 bridgehead atoms. The zero-order chi connectivity index (χ0) is 10.5. The second-order valence-corrected chi connectivity index (χ2v) is 3.51. The third-order valence-electron chi connectivity index (χ3n) is 2.41. The van der Waals surface area contributed by atoms with Gasteiger partial charge in [0.15, 0.2) is 0 Å². The minimum Gasteiger partial charge on any atom is -0.497 e. The lowest BCUT2D eigenvalue weighted by Crippen LogP contribution is -1.88. The standard InChI is InChI=1S/C14H14O.CH4/c1-15-14-9-7-13(8-10-14)11-12-5-3-2-4-6-12;/h2-10H,11H2,1H3;1H4. The fraction of sp³-hybridized carbons (Fsp3) is 0.200. The van der Waals surface area contributed by atoms with Gasteiger partial charge in [0.25, 0.3) is 0 Å². The molecule has 0 unspecified atom stereocenters. The van der Waals surface area contributed by atoms with Crippen molar-refractivity contribution in [3.05, 3.63) is 65.7 Å². The van der Waals surface area contributed by atoms with Gasteiger partial charge in [-0.3, -0.25) is 0 Å². The van der Waals surface area contributed by atoms with E-state index in [1.54, 1.807) is 7.11 Å². The second kappa shape index (κ2) is 5.96. The molecule has 1 heteroatoms. The van der Waals surface area contributed by atoms with Crippen molar-refractivity contribution in [2.24, 2.45) is 0 Å². The summed E-state index contributed by atoms with van der Waals surface area (Å²) in [4.78, 5) is 0. The Balaban J connectivity index is 0.00000128. The van der Waals surface area contributed by atoms with Crippen molar-refractivity contribution in [3.8, 4) is 5.75 Å². The summed E-state index contributed by atoms with van der Waals surface area (Å²) in [5.41, 5.74) is 2.64. The highest BCUT2D eigenvalue weighted by Gasteiger charge is 1.95. The maximum absolute atomic E-state index is 5.12. The van der Waals surface area contributed by atoms with E-state index >= 15 is 0 Å². The molecule has 0 aliphatic carbocycles. The topological polar surface area (TPSA) is 9.23 Å². The quantitative estimate of drug-likeness (QED) is 0.752. The van der Waals surface area contributed by atoms with E-state index in [9.17, 15) is 0 Å². The summed E-state index contributed by atoms with van der Waals surface area (Å²) in [5.74, 6) is 0.909. The molecule has 0 aliphatic rings. The van der Waals surface area contributed by atoms with Crippen LogP contribution in [0.3, 0.4) is 0 Å². The zero-order valence-electron chi connectivity index (χ0n) is 8.81. The van der Waals surface area contributed by atoms with Crippen LogP contribution in [0.5, 0.6) is 5.75 Å². The molecule has 0 saturated heterocycles. The molecule has 0 fully saturated rings. The Bertz CT molecular complexity index is 403. The van der Waals surface area contributed by atoms with Gasteiger partial charge >= 0.3 is 0 Å². The number of ether oxygens (including phenoxy) is 1. The van der Waals surface area contributed by atoms with Gasteiger partial charge in [-0.05, 0) is 29.7 Å². The molecule has 0 aromatic heterocycles. The Morgan fingerprint density at radius 1 is 0.812 bits per heavy atom. The van der Waals surface area contributed by atoms with Crippen LogP contribution >= 0.6 is 0 Å². The molecule has 0 atom stereocenters. The average Bonchev–Trinajstić information content (AvgIpc) is 2.31. The molecule has 0 heterocycles. The summed E-state index contributed by atoms with van der Waals surface area (Å²) in [6, 6.07) is 18.7. The van der Waals surface area contributed by atoms with Crippen LogP contribution in [0.1, 0.15) is 18.6 Å². The van der Waals surface area contributed by atoms with Crippen LogP contribution in [0.2, 0.25) is 0 Å². The van der Waals surface area contributed by atoms with E-state index in [0.717, 1.165) is 12.2 Å². The molecule has 2 aromatic rings. The Labute approximate surface area is 97.7 Å². The first kappa shape index (κ1) is 12.3. The first-order chi connectivity index (χ1) is 7.38. The molecule has 84 valence electrons. The molecular weight excluding hydrogens is 196 g/mol. The fourth-order valence-electron chi connectivity index (χ4n) is 1.57. The Hall–Kier alpha value is -1.76. The smallest absolute Gasteiger partial charge is 0.118 e. The first-order valence-electron chi connectivity index (χ1n) is 5.05. The lowest BCUT2D eigenvalue weighted by atomic mass is 10.1. The normalized spacial score (nSPS) is 9.31. The van der Waals surface area contributed by atoms with E-state index in [2.05, 4.69) is 36.4 Å². The fourth-order valence-corrected chi connectivity index (χ4v) is 1.57. The van der Waals surface area contributed by atoms with Gasteiger partial charge in [-0.2, -0.15) is 0 Å². The third kappa shape index (κ3) is 3.13. The zero-order valence-corrected chi connectivity index (χ0v) is 8.81. The van der Waals surface area contributed by atoms with Crippen molar-refractivity contribution >= 4 is 0 Å². The Morgan fingerprint density at radius 3 is 1.94 bits per heavy atom.